The van der Waals surface area contributed by atoms with E-state index >= 15 is 0 Å². The highest BCUT2D eigenvalue weighted by molar-refractivity contribution is 9.10. The lowest BCUT2D eigenvalue weighted by Gasteiger charge is -2.09. The Labute approximate surface area is 186 Å². The molecule has 0 saturated carbocycles. The van der Waals surface area contributed by atoms with Crippen LogP contribution in [0.3, 0.4) is 0 Å². The van der Waals surface area contributed by atoms with Gasteiger partial charge in [-0.2, -0.15) is 0 Å². The van der Waals surface area contributed by atoms with Crippen molar-refractivity contribution in [2.45, 2.75) is 6.61 Å². The van der Waals surface area contributed by atoms with E-state index in [4.69, 9.17) is 9.15 Å². The van der Waals surface area contributed by atoms with E-state index in [1.807, 2.05) is 18.2 Å². The third kappa shape index (κ3) is 5.52. The first-order valence-electron chi connectivity index (χ1n) is 9.00. The van der Waals surface area contributed by atoms with E-state index in [1.54, 1.807) is 12.1 Å². The molecule has 0 saturated heterocycles. The Kier molecular flexibility index (Phi) is 7.09. The number of anilines is 1. The lowest BCUT2D eigenvalue weighted by molar-refractivity contribution is 0.0599. The zero-order valence-corrected chi connectivity index (χ0v) is 18.2. The summed E-state index contributed by atoms with van der Waals surface area (Å²) >= 11 is 3.39. The van der Waals surface area contributed by atoms with Gasteiger partial charge in [0.1, 0.15) is 18.1 Å². The van der Waals surface area contributed by atoms with Crippen LogP contribution in [0.1, 0.15) is 37.0 Å². The highest BCUT2D eigenvalue weighted by atomic mass is 79.9. The third-order valence-electron chi connectivity index (χ3n) is 4.13. The average molecular weight is 488 g/mol. The molecule has 0 spiro atoms. The number of hydrogen-bond donors (Lipinski definition) is 1. The van der Waals surface area contributed by atoms with E-state index in [1.165, 1.54) is 38.5 Å². The fraction of sp³-hybridized carbons (Fsp3) is 0.136. The van der Waals surface area contributed by atoms with Crippen LogP contribution in [-0.2, 0) is 16.1 Å². The van der Waals surface area contributed by atoms with Gasteiger partial charge in [0.2, 0.25) is 0 Å². The number of rotatable bonds is 7. The second-order valence-electron chi connectivity index (χ2n) is 6.22. The van der Waals surface area contributed by atoms with Gasteiger partial charge in [-0.3, -0.25) is 4.79 Å². The highest BCUT2D eigenvalue weighted by Crippen LogP contribution is 2.25. The number of carbonyl (C=O) groups is 3. The minimum absolute atomic E-state index is 0.0359. The fourth-order valence-electron chi connectivity index (χ4n) is 2.65. The van der Waals surface area contributed by atoms with Gasteiger partial charge < -0.3 is 23.9 Å². The Morgan fingerprint density at radius 1 is 0.935 bits per heavy atom. The number of hydrogen-bond acceptors (Lipinski definition) is 7. The number of esters is 2. The van der Waals surface area contributed by atoms with E-state index in [9.17, 15) is 14.4 Å². The summed E-state index contributed by atoms with van der Waals surface area (Å²) in [5.41, 5.74) is 0.376. The maximum absolute atomic E-state index is 12.6. The number of halogens is 1. The molecule has 1 N–H and O–H groups in total. The Balaban J connectivity index is 1.73. The molecule has 3 aromatic rings. The van der Waals surface area contributed by atoms with Crippen molar-refractivity contribution in [2.24, 2.45) is 0 Å². The van der Waals surface area contributed by atoms with Crippen LogP contribution in [0.2, 0.25) is 0 Å². The Morgan fingerprint density at radius 2 is 1.58 bits per heavy atom. The van der Waals surface area contributed by atoms with Crippen molar-refractivity contribution in [1.82, 2.24) is 0 Å². The first-order chi connectivity index (χ1) is 14.9. The molecule has 2 aromatic carbocycles. The van der Waals surface area contributed by atoms with Crippen molar-refractivity contribution in [3.8, 4) is 5.75 Å². The minimum Gasteiger partial charge on any atom is -0.484 e. The molecule has 0 aliphatic heterocycles. The molecule has 8 nitrogen and oxygen atoms in total. The Morgan fingerprint density at radius 3 is 2.19 bits per heavy atom. The van der Waals surface area contributed by atoms with Crippen LogP contribution in [-0.4, -0.2) is 32.1 Å². The molecule has 31 heavy (non-hydrogen) atoms. The summed E-state index contributed by atoms with van der Waals surface area (Å²) in [5.74, 6) is -0.769. The van der Waals surface area contributed by atoms with Gasteiger partial charge in [-0.05, 0) is 58.4 Å². The van der Waals surface area contributed by atoms with Gasteiger partial charge in [0.25, 0.3) is 5.91 Å². The largest absolute Gasteiger partial charge is 0.484 e. The van der Waals surface area contributed by atoms with Gasteiger partial charge >= 0.3 is 11.9 Å². The number of furan rings is 1. The molecular weight excluding hydrogens is 470 g/mol. The quantitative estimate of drug-likeness (QED) is 0.490. The molecule has 0 fully saturated rings. The summed E-state index contributed by atoms with van der Waals surface area (Å²) in [6, 6.07) is 14.6. The fourth-order valence-corrected chi connectivity index (χ4v) is 3.05. The standard InChI is InChI=1S/C22H18BrNO7/c1-28-21(26)13-9-14(22(27)29-2)11-15(10-13)24-20(25)19-8-7-16(31-19)12-30-18-6-4-3-5-17(18)23/h3-11H,12H2,1-2H3,(H,24,25). The number of methoxy groups -OCH3 is 2. The average Bonchev–Trinajstić information content (AvgIpc) is 3.26. The van der Waals surface area contributed by atoms with Gasteiger partial charge in [0, 0.05) is 5.69 Å². The number of ether oxygens (including phenoxy) is 3. The molecule has 0 aliphatic rings. The van der Waals surface area contributed by atoms with E-state index in [2.05, 4.69) is 30.7 Å². The van der Waals surface area contributed by atoms with Crippen LogP contribution >= 0.6 is 15.9 Å². The molecule has 1 aromatic heterocycles. The summed E-state index contributed by atoms with van der Waals surface area (Å²) in [6.45, 7) is 0.125. The number of para-hydroxylation sites is 1. The second-order valence-corrected chi connectivity index (χ2v) is 7.08. The highest BCUT2D eigenvalue weighted by Gasteiger charge is 2.17. The zero-order chi connectivity index (χ0) is 22.4. The van der Waals surface area contributed by atoms with Crippen LogP contribution in [0.15, 0.2) is 63.5 Å². The summed E-state index contributed by atoms with van der Waals surface area (Å²) < 4.78 is 21.4. The monoisotopic (exact) mass is 487 g/mol. The number of benzene rings is 2. The molecule has 1 heterocycles. The lowest BCUT2D eigenvalue weighted by atomic mass is 10.1. The molecule has 0 atom stereocenters. The van der Waals surface area contributed by atoms with Crippen molar-refractivity contribution in [3.63, 3.8) is 0 Å². The predicted octanol–water partition coefficient (Wildman–Crippen LogP) is 4.45. The molecule has 0 bridgehead atoms. The molecule has 3 rings (SSSR count). The van der Waals surface area contributed by atoms with Crippen LogP contribution < -0.4 is 10.1 Å². The first kappa shape index (κ1) is 22.1. The van der Waals surface area contributed by atoms with Crippen molar-refractivity contribution < 1.29 is 33.0 Å². The van der Waals surface area contributed by atoms with Gasteiger partial charge in [0.05, 0.1) is 29.8 Å². The van der Waals surface area contributed by atoms with Crippen LogP contribution in [0, 0.1) is 0 Å². The van der Waals surface area contributed by atoms with E-state index < -0.39 is 17.8 Å². The zero-order valence-electron chi connectivity index (χ0n) is 16.6. The van der Waals surface area contributed by atoms with Crippen LogP contribution in [0.5, 0.6) is 5.75 Å². The van der Waals surface area contributed by atoms with E-state index in [-0.39, 0.29) is 29.2 Å². The second kappa shape index (κ2) is 9.94. The molecule has 0 radical (unpaired) electrons. The van der Waals surface area contributed by atoms with Gasteiger partial charge in [-0.1, -0.05) is 12.1 Å². The topological polar surface area (TPSA) is 104 Å². The molecule has 0 unspecified atom stereocenters. The Hall–Kier alpha value is -3.59. The van der Waals surface area contributed by atoms with E-state index in [0.717, 1.165) is 4.47 Å². The summed E-state index contributed by atoms with van der Waals surface area (Å²) in [4.78, 5) is 36.3. The van der Waals surface area contributed by atoms with Crippen molar-refractivity contribution in [1.29, 1.82) is 0 Å². The Bertz CT molecular complexity index is 1090. The van der Waals surface area contributed by atoms with Gasteiger partial charge in [-0.15, -0.1) is 0 Å². The first-order valence-corrected chi connectivity index (χ1v) is 9.79. The normalized spacial score (nSPS) is 10.3. The summed E-state index contributed by atoms with van der Waals surface area (Å²) in [6.07, 6.45) is 0. The van der Waals surface area contributed by atoms with E-state index in [0.29, 0.717) is 11.5 Å². The number of nitrogens with one attached hydrogen (secondary N) is 1. The minimum atomic E-state index is -0.661. The van der Waals surface area contributed by atoms with Crippen LogP contribution in [0.25, 0.3) is 0 Å². The van der Waals surface area contributed by atoms with Crippen molar-refractivity contribution in [2.75, 3.05) is 19.5 Å². The lowest BCUT2D eigenvalue weighted by Crippen LogP contribution is -2.13. The number of carbonyl (C=O) groups excluding carboxylic acids is 3. The molecule has 0 aliphatic carbocycles. The third-order valence-corrected chi connectivity index (χ3v) is 4.78. The van der Waals surface area contributed by atoms with Crippen LogP contribution in [0.4, 0.5) is 5.69 Å². The number of amides is 1. The maximum Gasteiger partial charge on any atom is 0.337 e. The SMILES string of the molecule is COC(=O)c1cc(NC(=O)c2ccc(COc3ccccc3Br)o2)cc(C(=O)OC)c1. The molecule has 1 amide bonds. The maximum atomic E-state index is 12.6. The van der Waals surface area contributed by atoms with Crippen molar-refractivity contribution >= 4 is 39.5 Å². The van der Waals surface area contributed by atoms with Gasteiger partial charge in [-0.25, -0.2) is 9.59 Å². The molecule has 9 heteroatoms. The molecule has 160 valence electrons. The molecular formula is C22H18BrNO7. The predicted molar refractivity (Wildman–Crippen MR) is 114 cm³/mol. The smallest absolute Gasteiger partial charge is 0.337 e. The summed E-state index contributed by atoms with van der Waals surface area (Å²) in [7, 11) is 2.43. The van der Waals surface area contributed by atoms with Gasteiger partial charge in [0.15, 0.2) is 5.76 Å². The van der Waals surface area contributed by atoms with Crippen molar-refractivity contribution in [3.05, 3.63) is 81.7 Å². The summed E-state index contributed by atoms with van der Waals surface area (Å²) in [5, 5.41) is 2.60.